The summed E-state index contributed by atoms with van der Waals surface area (Å²) in [6.07, 6.45) is 0.168. The largest absolute Gasteiger partial charge is 0.497 e. The van der Waals surface area contributed by atoms with Gasteiger partial charge in [-0.25, -0.2) is 9.97 Å². The third-order valence-corrected chi connectivity index (χ3v) is 6.15. The van der Waals surface area contributed by atoms with E-state index >= 15 is 0 Å². The number of methoxy groups -OCH3 is 1. The predicted molar refractivity (Wildman–Crippen MR) is 123 cm³/mol. The second kappa shape index (κ2) is 9.12. The number of aromatic nitrogens is 2. The summed E-state index contributed by atoms with van der Waals surface area (Å²) in [5, 5.41) is 2.98. The van der Waals surface area contributed by atoms with Crippen LogP contribution in [0.15, 0.2) is 24.3 Å². The van der Waals surface area contributed by atoms with Crippen molar-refractivity contribution < 1.29 is 14.3 Å². The predicted octanol–water partition coefficient (Wildman–Crippen LogP) is 1.85. The quantitative estimate of drug-likeness (QED) is 0.762. The Kier molecular flexibility index (Phi) is 6.27. The van der Waals surface area contributed by atoms with Gasteiger partial charge in [0.15, 0.2) is 0 Å². The molecule has 2 aromatic rings. The Bertz CT molecular complexity index is 996. The van der Waals surface area contributed by atoms with E-state index in [2.05, 4.69) is 32.1 Å². The van der Waals surface area contributed by atoms with Crippen molar-refractivity contribution >= 4 is 29.1 Å². The molecule has 0 saturated carbocycles. The van der Waals surface area contributed by atoms with Crippen molar-refractivity contribution in [2.45, 2.75) is 20.3 Å². The normalized spacial score (nSPS) is 19.4. The van der Waals surface area contributed by atoms with E-state index in [1.165, 1.54) is 0 Å². The van der Waals surface area contributed by atoms with Gasteiger partial charge < -0.3 is 24.8 Å². The van der Waals surface area contributed by atoms with Crippen LogP contribution in [0.4, 0.5) is 17.3 Å². The molecule has 2 aliphatic heterocycles. The highest BCUT2D eigenvalue weighted by Gasteiger charge is 2.35. The molecule has 0 radical (unpaired) electrons. The summed E-state index contributed by atoms with van der Waals surface area (Å²) in [5.41, 5.74) is 2.82. The molecule has 2 fully saturated rings. The minimum atomic E-state index is -0.440. The number of hydrogen-bond donors (Lipinski definition) is 1. The molecule has 0 spiro atoms. The van der Waals surface area contributed by atoms with Crippen LogP contribution in [-0.4, -0.2) is 73.6 Å². The molecule has 2 aliphatic rings. The fourth-order valence-electron chi connectivity index (χ4n) is 4.16. The lowest BCUT2D eigenvalue weighted by Crippen LogP contribution is -2.45. The van der Waals surface area contributed by atoms with Gasteiger partial charge in [0.2, 0.25) is 17.8 Å². The number of rotatable bonds is 5. The van der Waals surface area contributed by atoms with Gasteiger partial charge in [-0.05, 0) is 33.0 Å². The van der Waals surface area contributed by atoms with Crippen LogP contribution in [0.3, 0.4) is 0 Å². The van der Waals surface area contributed by atoms with Crippen molar-refractivity contribution in [3.63, 3.8) is 0 Å². The molecule has 9 nitrogen and oxygen atoms in total. The zero-order chi connectivity index (χ0) is 22.8. The standard InChI is InChI=1S/C23H30N6O3/c1-15-21(16(2)25-23(24-15)28-10-8-27(3)9-11-28)26-22(31)17-12-20(30)29(14-17)18-6-5-7-19(13-18)32-4/h5-7,13,17H,8-12,14H2,1-4H3,(H,26,31). The molecule has 0 bridgehead atoms. The summed E-state index contributed by atoms with van der Waals surface area (Å²) < 4.78 is 5.25. The van der Waals surface area contributed by atoms with Gasteiger partial charge in [-0.2, -0.15) is 0 Å². The number of likely N-dealkylation sites (N-methyl/N-ethyl adjacent to an activating group) is 1. The molecule has 4 rings (SSSR count). The van der Waals surface area contributed by atoms with Crippen LogP contribution in [0.1, 0.15) is 17.8 Å². The Labute approximate surface area is 188 Å². The van der Waals surface area contributed by atoms with Crippen LogP contribution < -0.4 is 19.9 Å². The first-order chi connectivity index (χ1) is 15.4. The Morgan fingerprint density at radius 1 is 1.12 bits per heavy atom. The number of amides is 2. The molecule has 1 unspecified atom stereocenters. The number of carbonyl (C=O) groups is 2. The van der Waals surface area contributed by atoms with E-state index in [1.54, 1.807) is 18.1 Å². The highest BCUT2D eigenvalue weighted by molar-refractivity contribution is 6.03. The molecule has 1 atom stereocenters. The molecular weight excluding hydrogens is 408 g/mol. The highest BCUT2D eigenvalue weighted by atomic mass is 16.5. The fraction of sp³-hybridized carbons (Fsp3) is 0.478. The summed E-state index contributed by atoms with van der Waals surface area (Å²) in [6, 6.07) is 7.31. The number of nitrogens with zero attached hydrogens (tertiary/aromatic N) is 5. The Hall–Kier alpha value is -3.20. The number of hydrogen-bond acceptors (Lipinski definition) is 7. The van der Waals surface area contributed by atoms with E-state index in [4.69, 9.17) is 4.74 Å². The zero-order valence-electron chi connectivity index (χ0n) is 19.1. The first kappa shape index (κ1) is 22.0. The first-order valence-corrected chi connectivity index (χ1v) is 10.9. The van der Waals surface area contributed by atoms with Gasteiger partial charge in [0.05, 0.1) is 30.1 Å². The summed E-state index contributed by atoms with van der Waals surface area (Å²) >= 11 is 0. The van der Waals surface area contributed by atoms with Crippen LogP contribution in [0.5, 0.6) is 5.75 Å². The number of ether oxygens (including phenoxy) is 1. The lowest BCUT2D eigenvalue weighted by atomic mass is 10.1. The molecular formula is C23H30N6O3. The van der Waals surface area contributed by atoms with Gasteiger partial charge in [-0.1, -0.05) is 6.07 Å². The highest BCUT2D eigenvalue weighted by Crippen LogP contribution is 2.29. The van der Waals surface area contributed by atoms with Crippen LogP contribution in [0, 0.1) is 19.8 Å². The molecule has 3 heterocycles. The Morgan fingerprint density at radius 2 is 1.81 bits per heavy atom. The minimum Gasteiger partial charge on any atom is -0.497 e. The van der Waals surface area contributed by atoms with Crippen molar-refractivity contribution in [2.75, 3.05) is 62.0 Å². The van der Waals surface area contributed by atoms with Crippen LogP contribution in [-0.2, 0) is 9.59 Å². The fourth-order valence-corrected chi connectivity index (χ4v) is 4.16. The summed E-state index contributed by atoms with van der Waals surface area (Å²) in [5.74, 6) is 0.669. The second-order valence-corrected chi connectivity index (χ2v) is 8.46. The molecule has 1 aromatic heterocycles. The lowest BCUT2D eigenvalue weighted by molar-refractivity contribution is -0.122. The van der Waals surface area contributed by atoms with E-state index in [-0.39, 0.29) is 18.2 Å². The third kappa shape index (κ3) is 4.52. The maximum absolute atomic E-state index is 13.0. The summed E-state index contributed by atoms with van der Waals surface area (Å²) in [7, 11) is 3.69. The van der Waals surface area contributed by atoms with E-state index in [1.807, 2.05) is 32.0 Å². The number of benzene rings is 1. The SMILES string of the molecule is COc1cccc(N2CC(C(=O)Nc3c(C)nc(N4CCN(C)CC4)nc3C)CC2=O)c1. The summed E-state index contributed by atoms with van der Waals surface area (Å²) in [4.78, 5) is 41.0. The second-order valence-electron chi connectivity index (χ2n) is 8.46. The average Bonchev–Trinajstić information content (AvgIpc) is 3.18. The molecule has 2 saturated heterocycles. The molecule has 1 aromatic carbocycles. The molecule has 9 heteroatoms. The molecule has 0 aliphatic carbocycles. The van der Waals surface area contributed by atoms with Crippen LogP contribution in [0.2, 0.25) is 0 Å². The monoisotopic (exact) mass is 438 g/mol. The van der Waals surface area contributed by atoms with Gasteiger partial charge in [0.1, 0.15) is 5.75 Å². The molecule has 170 valence electrons. The van der Waals surface area contributed by atoms with Crippen LogP contribution in [0.25, 0.3) is 0 Å². The molecule has 32 heavy (non-hydrogen) atoms. The zero-order valence-corrected chi connectivity index (χ0v) is 19.1. The number of piperazine rings is 1. The van der Waals surface area contributed by atoms with E-state index in [0.717, 1.165) is 43.3 Å². The summed E-state index contributed by atoms with van der Waals surface area (Å²) in [6.45, 7) is 7.80. The van der Waals surface area contributed by atoms with Crippen molar-refractivity contribution in [3.05, 3.63) is 35.7 Å². The van der Waals surface area contributed by atoms with Crippen molar-refractivity contribution in [1.82, 2.24) is 14.9 Å². The Balaban J connectivity index is 1.45. The number of nitrogens with one attached hydrogen (secondary N) is 1. The van der Waals surface area contributed by atoms with Crippen molar-refractivity contribution in [1.29, 1.82) is 0 Å². The van der Waals surface area contributed by atoms with E-state index in [0.29, 0.717) is 23.9 Å². The third-order valence-electron chi connectivity index (χ3n) is 6.15. The molecule has 2 amide bonds. The van der Waals surface area contributed by atoms with Gasteiger partial charge in [0.25, 0.3) is 0 Å². The maximum Gasteiger partial charge on any atom is 0.229 e. The number of carbonyl (C=O) groups excluding carboxylic acids is 2. The van der Waals surface area contributed by atoms with Gasteiger partial charge in [-0.3, -0.25) is 9.59 Å². The minimum absolute atomic E-state index is 0.0755. The number of anilines is 3. The average molecular weight is 439 g/mol. The Morgan fingerprint density at radius 3 is 2.47 bits per heavy atom. The van der Waals surface area contributed by atoms with Crippen LogP contribution >= 0.6 is 0 Å². The van der Waals surface area contributed by atoms with E-state index < -0.39 is 5.92 Å². The number of aryl methyl sites for hydroxylation is 2. The van der Waals surface area contributed by atoms with Gasteiger partial charge in [0, 0.05) is 50.9 Å². The topological polar surface area (TPSA) is 90.9 Å². The van der Waals surface area contributed by atoms with E-state index in [9.17, 15) is 9.59 Å². The smallest absolute Gasteiger partial charge is 0.229 e. The van der Waals surface area contributed by atoms with Gasteiger partial charge >= 0.3 is 0 Å². The maximum atomic E-state index is 13.0. The first-order valence-electron chi connectivity index (χ1n) is 10.9. The van der Waals surface area contributed by atoms with Gasteiger partial charge in [-0.15, -0.1) is 0 Å². The van der Waals surface area contributed by atoms with Crippen molar-refractivity contribution in [2.24, 2.45) is 5.92 Å². The molecule has 1 N–H and O–H groups in total. The van der Waals surface area contributed by atoms with Crippen molar-refractivity contribution in [3.8, 4) is 5.75 Å². The lowest BCUT2D eigenvalue weighted by Gasteiger charge is -2.32.